The normalized spacial score (nSPS) is 15.2. The van der Waals surface area contributed by atoms with Gasteiger partial charge < -0.3 is 10.6 Å². The molecule has 144 valence electrons. The lowest BCUT2D eigenvalue weighted by Gasteiger charge is -2.21. The zero-order chi connectivity index (χ0) is 18.6. The molecule has 1 aromatic carbocycles. The SMILES string of the molecule is CC(C)C(N)CCN(C)C(=O)c1ccc(CN2C(=O)CCC2=O)cc1.Cl. The van der Waals surface area contributed by atoms with Crippen molar-refractivity contribution < 1.29 is 14.4 Å². The topological polar surface area (TPSA) is 83.7 Å². The van der Waals surface area contributed by atoms with E-state index in [9.17, 15) is 14.4 Å². The second-order valence-corrected chi connectivity index (χ2v) is 6.99. The van der Waals surface area contributed by atoms with Crippen molar-refractivity contribution in [3.63, 3.8) is 0 Å². The zero-order valence-electron chi connectivity index (χ0n) is 15.6. The summed E-state index contributed by atoms with van der Waals surface area (Å²) in [6, 6.07) is 7.14. The largest absolute Gasteiger partial charge is 0.342 e. The Hall–Kier alpha value is -1.92. The molecule has 6 nitrogen and oxygen atoms in total. The lowest BCUT2D eigenvalue weighted by molar-refractivity contribution is -0.139. The van der Waals surface area contributed by atoms with Crippen LogP contribution in [0.5, 0.6) is 0 Å². The fourth-order valence-electron chi connectivity index (χ4n) is 2.73. The minimum absolute atomic E-state index is 0. The molecule has 2 N–H and O–H groups in total. The van der Waals surface area contributed by atoms with Crippen LogP contribution in [-0.4, -0.2) is 47.2 Å². The van der Waals surface area contributed by atoms with Gasteiger partial charge in [0.1, 0.15) is 0 Å². The minimum atomic E-state index is -0.133. The third-order valence-electron chi connectivity index (χ3n) is 4.70. The van der Waals surface area contributed by atoms with Gasteiger partial charge in [0.15, 0.2) is 0 Å². The molecule has 3 amide bonds. The van der Waals surface area contributed by atoms with Crippen molar-refractivity contribution in [2.24, 2.45) is 11.7 Å². The van der Waals surface area contributed by atoms with Crippen LogP contribution < -0.4 is 5.73 Å². The predicted molar refractivity (Wildman–Crippen MR) is 103 cm³/mol. The summed E-state index contributed by atoms with van der Waals surface area (Å²) in [5, 5.41) is 0. The molecule has 1 heterocycles. The Labute approximate surface area is 161 Å². The lowest BCUT2D eigenvalue weighted by atomic mass is 10.0. The first-order chi connectivity index (χ1) is 11.8. The molecular formula is C19H28ClN3O3. The highest BCUT2D eigenvalue weighted by atomic mass is 35.5. The van der Waals surface area contributed by atoms with E-state index in [4.69, 9.17) is 5.73 Å². The van der Waals surface area contributed by atoms with E-state index in [-0.39, 0.29) is 42.7 Å². The molecule has 1 aliphatic heterocycles. The Morgan fingerprint density at radius 1 is 1.15 bits per heavy atom. The average molecular weight is 382 g/mol. The van der Waals surface area contributed by atoms with Gasteiger partial charge in [-0.3, -0.25) is 19.3 Å². The first kappa shape index (κ1) is 22.1. The van der Waals surface area contributed by atoms with Crippen molar-refractivity contribution >= 4 is 30.1 Å². The summed E-state index contributed by atoms with van der Waals surface area (Å²) < 4.78 is 0. The van der Waals surface area contributed by atoms with Crippen LogP contribution in [-0.2, 0) is 16.1 Å². The molecule has 0 bridgehead atoms. The fourth-order valence-corrected chi connectivity index (χ4v) is 2.73. The van der Waals surface area contributed by atoms with Gasteiger partial charge >= 0.3 is 0 Å². The van der Waals surface area contributed by atoms with Crippen molar-refractivity contribution in [3.8, 4) is 0 Å². The van der Waals surface area contributed by atoms with Crippen LogP contribution in [0.4, 0.5) is 0 Å². The van der Waals surface area contributed by atoms with Crippen LogP contribution in [0.1, 0.15) is 49.0 Å². The van der Waals surface area contributed by atoms with Crippen molar-refractivity contribution in [1.82, 2.24) is 9.80 Å². The van der Waals surface area contributed by atoms with Gasteiger partial charge in [0.2, 0.25) is 11.8 Å². The monoisotopic (exact) mass is 381 g/mol. The summed E-state index contributed by atoms with van der Waals surface area (Å²) >= 11 is 0. The fraction of sp³-hybridized carbons (Fsp3) is 0.526. The average Bonchev–Trinajstić information content (AvgIpc) is 2.91. The number of carbonyl (C=O) groups is 3. The van der Waals surface area contributed by atoms with Gasteiger partial charge in [-0.15, -0.1) is 12.4 Å². The predicted octanol–water partition coefficient (Wildman–Crippen LogP) is 2.20. The van der Waals surface area contributed by atoms with Crippen LogP contribution in [0, 0.1) is 5.92 Å². The van der Waals surface area contributed by atoms with Crippen molar-refractivity contribution in [3.05, 3.63) is 35.4 Å². The summed E-state index contributed by atoms with van der Waals surface area (Å²) in [5.41, 5.74) is 7.45. The minimum Gasteiger partial charge on any atom is -0.342 e. The Bertz CT molecular complexity index is 630. The number of carbonyl (C=O) groups excluding carboxylic acids is 3. The Kier molecular flexibility index (Phi) is 8.24. The third kappa shape index (κ3) is 5.54. The summed E-state index contributed by atoms with van der Waals surface area (Å²) in [7, 11) is 1.77. The van der Waals surface area contributed by atoms with E-state index in [0.717, 1.165) is 12.0 Å². The molecule has 2 rings (SSSR count). The number of amides is 3. The van der Waals surface area contributed by atoms with E-state index >= 15 is 0 Å². The Morgan fingerprint density at radius 2 is 1.69 bits per heavy atom. The number of nitrogens with zero attached hydrogens (tertiary/aromatic N) is 2. The number of halogens is 1. The summed E-state index contributed by atoms with van der Waals surface area (Å²) in [5.74, 6) is 0.0624. The van der Waals surface area contributed by atoms with Crippen LogP contribution in [0.3, 0.4) is 0 Å². The molecule has 1 unspecified atom stereocenters. The van der Waals surface area contributed by atoms with E-state index in [1.165, 1.54) is 4.90 Å². The Morgan fingerprint density at radius 3 is 2.19 bits per heavy atom. The van der Waals surface area contributed by atoms with Gasteiger partial charge in [0, 0.05) is 38.0 Å². The molecule has 0 radical (unpaired) electrons. The highest BCUT2D eigenvalue weighted by Gasteiger charge is 2.28. The number of benzene rings is 1. The quantitative estimate of drug-likeness (QED) is 0.734. The first-order valence-electron chi connectivity index (χ1n) is 8.72. The molecule has 7 heteroatoms. The van der Waals surface area contributed by atoms with E-state index in [1.54, 1.807) is 36.2 Å². The van der Waals surface area contributed by atoms with Crippen LogP contribution in [0.15, 0.2) is 24.3 Å². The zero-order valence-corrected chi connectivity index (χ0v) is 16.4. The van der Waals surface area contributed by atoms with E-state index < -0.39 is 0 Å². The number of imide groups is 1. The first-order valence-corrected chi connectivity index (χ1v) is 8.72. The van der Waals surface area contributed by atoms with E-state index in [0.29, 0.717) is 30.9 Å². The molecular weight excluding hydrogens is 354 g/mol. The molecule has 26 heavy (non-hydrogen) atoms. The van der Waals surface area contributed by atoms with Crippen LogP contribution in [0.2, 0.25) is 0 Å². The summed E-state index contributed by atoms with van der Waals surface area (Å²) in [6.45, 7) is 5.02. The van der Waals surface area contributed by atoms with Crippen molar-refractivity contribution in [1.29, 1.82) is 0 Å². The van der Waals surface area contributed by atoms with Crippen LogP contribution >= 0.6 is 12.4 Å². The van der Waals surface area contributed by atoms with E-state index in [1.807, 2.05) is 0 Å². The molecule has 0 aliphatic carbocycles. The third-order valence-corrected chi connectivity index (χ3v) is 4.70. The Balaban J connectivity index is 0.00000338. The number of hydrogen-bond donors (Lipinski definition) is 1. The maximum Gasteiger partial charge on any atom is 0.253 e. The second-order valence-electron chi connectivity index (χ2n) is 6.99. The van der Waals surface area contributed by atoms with Gasteiger partial charge in [-0.2, -0.15) is 0 Å². The second kappa shape index (κ2) is 9.69. The summed E-state index contributed by atoms with van der Waals surface area (Å²) in [6.07, 6.45) is 1.34. The van der Waals surface area contributed by atoms with Crippen LogP contribution in [0.25, 0.3) is 0 Å². The van der Waals surface area contributed by atoms with E-state index in [2.05, 4.69) is 13.8 Å². The molecule has 1 atom stereocenters. The molecule has 0 spiro atoms. The highest BCUT2D eigenvalue weighted by molar-refractivity contribution is 6.01. The van der Waals surface area contributed by atoms with Crippen molar-refractivity contribution in [2.45, 2.75) is 45.7 Å². The number of rotatable bonds is 7. The maximum absolute atomic E-state index is 12.5. The molecule has 1 fully saturated rings. The molecule has 1 aliphatic rings. The molecule has 0 aromatic heterocycles. The van der Waals surface area contributed by atoms with Gasteiger partial charge in [0.05, 0.1) is 6.54 Å². The molecule has 1 aromatic rings. The summed E-state index contributed by atoms with van der Waals surface area (Å²) in [4.78, 5) is 38.7. The lowest BCUT2D eigenvalue weighted by Crippen LogP contribution is -2.34. The van der Waals surface area contributed by atoms with Gasteiger partial charge in [-0.25, -0.2) is 0 Å². The number of likely N-dealkylation sites (tertiary alicyclic amines) is 1. The van der Waals surface area contributed by atoms with Gasteiger partial charge in [0.25, 0.3) is 5.91 Å². The molecule has 0 saturated carbocycles. The highest BCUT2D eigenvalue weighted by Crippen LogP contribution is 2.16. The van der Waals surface area contributed by atoms with Gasteiger partial charge in [-0.05, 0) is 30.0 Å². The maximum atomic E-state index is 12.5. The molecule has 1 saturated heterocycles. The number of nitrogens with two attached hydrogens (primary N) is 1. The smallest absolute Gasteiger partial charge is 0.253 e. The number of hydrogen-bond acceptors (Lipinski definition) is 4. The van der Waals surface area contributed by atoms with Gasteiger partial charge in [-0.1, -0.05) is 26.0 Å². The van der Waals surface area contributed by atoms with Crippen molar-refractivity contribution in [2.75, 3.05) is 13.6 Å². The standard InChI is InChI=1S/C19H27N3O3.ClH/c1-13(2)16(20)10-11-21(3)19(25)15-6-4-14(5-7-15)12-22-17(23)8-9-18(22)24;/h4-7,13,16H,8-12,20H2,1-3H3;1H.